The topological polar surface area (TPSA) is 9.23 Å². The highest BCUT2D eigenvalue weighted by molar-refractivity contribution is 5.60. The third-order valence-electron chi connectivity index (χ3n) is 4.21. The van der Waals surface area contributed by atoms with Gasteiger partial charge < -0.3 is 4.74 Å². The Morgan fingerprint density at radius 3 is 2.20 bits per heavy atom. The molecule has 1 aliphatic heterocycles. The highest BCUT2D eigenvalue weighted by atomic mass is 16.5. The van der Waals surface area contributed by atoms with Gasteiger partial charge in [-0.15, -0.1) is 0 Å². The van der Waals surface area contributed by atoms with E-state index in [2.05, 4.69) is 50.3 Å². The average Bonchev–Trinajstić information content (AvgIpc) is 2.48. The molecule has 1 aliphatic rings. The Labute approximate surface area is 124 Å². The summed E-state index contributed by atoms with van der Waals surface area (Å²) in [5.41, 5.74) is 1.16. The monoisotopic (exact) mass is 272 g/mol. The summed E-state index contributed by atoms with van der Waals surface area (Å²) in [6.07, 6.45) is 14.5. The summed E-state index contributed by atoms with van der Waals surface area (Å²) >= 11 is 0. The predicted octanol–water partition coefficient (Wildman–Crippen LogP) is 5.99. The molecule has 0 saturated carbocycles. The quantitative estimate of drug-likeness (QED) is 0.528. The average molecular weight is 272 g/mol. The van der Waals surface area contributed by atoms with Gasteiger partial charge >= 0.3 is 0 Å². The lowest BCUT2D eigenvalue weighted by Crippen LogP contribution is -2.35. The van der Waals surface area contributed by atoms with Crippen molar-refractivity contribution in [2.24, 2.45) is 0 Å². The van der Waals surface area contributed by atoms with Crippen LogP contribution >= 0.6 is 0 Å². The summed E-state index contributed by atoms with van der Waals surface area (Å²) in [4.78, 5) is 0. The summed E-state index contributed by atoms with van der Waals surface area (Å²) in [5, 5.41) is 0. The van der Waals surface area contributed by atoms with E-state index in [0.717, 1.165) is 18.6 Å². The number of unbranched alkanes of at least 4 members (excludes halogenated alkanes) is 4. The van der Waals surface area contributed by atoms with Crippen LogP contribution in [-0.4, -0.2) is 5.60 Å². The zero-order valence-electron chi connectivity index (χ0n) is 13.0. The number of fused-ring (bicyclic) bond motifs is 1. The van der Waals surface area contributed by atoms with Crippen LogP contribution in [0.25, 0.3) is 6.08 Å². The molecule has 1 aromatic rings. The number of ether oxygens (including phenoxy) is 1. The molecule has 1 aromatic carbocycles. The smallest absolute Gasteiger partial charge is 0.127 e. The minimum atomic E-state index is -0.0569. The van der Waals surface area contributed by atoms with Gasteiger partial charge in [0.05, 0.1) is 0 Å². The van der Waals surface area contributed by atoms with Crippen molar-refractivity contribution in [2.75, 3.05) is 0 Å². The largest absolute Gasteiger partial charge is 0.483 e. The van der Waals surface area contributed by atoms with Gasteiger partial charge in [-0.2, -0.15) is 0 Å². The molecule has 0 fully saturated rings. The normalized spacial score (nSPS) is 15.7. The standard InChI is InChI=1S/C19H28O/c1-3-5-9-14-19(15-10-6-4-2)16-13-17-11-7-8-12-18(17)20-19/h7-8,11-13,16H,3-6,9-10,14-15H2,1-2H3. The highest BCUT2D eigenvalue weighted by Gasteiger charge is 2.31. The summed E-state index contributed by atoms with van der Waals surface area (Å²) in [6, 6.07) is 8.38. The van der Waals surface area contributed by atoms with E-state index in [9.17, 15) is 0 Å². The van der Waals surface area contributed by atoms with Crippen molar-refractivity contribution < 1.29 is 4.74 Å². The molecule has 0 spiro atoms. The minimum Gasteiger partial charge on any atom is -0.483 e. The fraction of sp³-hybridized carbons (Fsp3) is 0.579. The first-order chi connectivity index (χ1) is 9.79. The third-order valence-corrected chi connectivity index (χ3v) is 4.21. The Morgan fingerprint density at radius 1 is 0.900 bits per heavy atom. The van der Waals surface area contributed by atoms with Crippen molar-refractivity contribution in [3.63, 3.8) is 0 Å². The molecule has 2 rings (SSSR count). The lowest BCUT2D eigenvalue weighted by Gasteiger charge is -2.35. The van der Waals surface area contributed by atoms with Crippen LogP contribution in [0.5, 0.6) is 5.75 Å². The Hall–Kier alpha value is -1.24. The van der Waals surface area contributed by atoms with Crippen molar-refractivity contribution in [1.29, 1.82) is 0 Å². The lowest BCUT2D eigenvalue weighted by atomic mass is 9.87. The van der Waals surface area contributed by atoms with Gasteiger partial charge in [0.25, 0.3) is 0 Å². The van der Waals surface area contributed by atoms with E-state index in [4.69, 9.17) is 4.74 Å². The highest BCUT2D eigenvalue weighted by Crippen LogP contribution is 2.37. The molecule has 0 N–H and O–H groups in total. The fourth-order valence-electron chi connectivity index (χ4n) is 2.95. The molecular weight excluding hydrogens is 244 g/mol. The van der Waals surface area contributed by atoms with Gasteiger partial charge in [0.2, 0.25) is 0 Å². The Morgan fingerprint density at radius 2 is 1.55 bits per heavy atom. The molecule has 0 atom stereocenters. The van der Waals surface area contributed by atoms with E-state index < -0.39 is 0 Å². The van der Waals surface area contributed by atoms with Crippen LogP contribution in [0.4, 0.5) is 0 Å². The van der Waals surface area contributed by atoms with Crippen LogP contribution < -0.4 is 4.74 Å². The van der Waals surface area contributed by atoms with Gasteiger partial charge in [-0.3, -0.25) is 0 Å². The maximum Gasteiger partial charge on any atom is 0.127 e. The van der Waals surface area contributed by atoms with Crippen LogP contribution in [0.3, 0.4) is 0 Å². The van der Waals surface area contributed by atoms with Crippen molar-refractivity contribution in [1.82, 2.24) is 0 Å². The van der Waals surface area contributed by atoms with Gasteiger partial charge in [-0.25, -0.2) is 0 Å². The first-order valence-corrected chi connectivity index (χ1v) is 8.27. The molecule has 110 valence electrons. The van der Waals surface area contributed by atoms with Crippen LogP contribution in [0.1, 0.15) is 70.8 Å². The van der Waals surface area contributed by atoms with E-state index >= 15 is 0 Å². The molecule has 20 heavy (non-hydrogen) atoms. The number of rotatable bonds is 8. The van der Waals surface area contributed by atoms with Crippen LogP contribution in [0.2, 0.25) is 0 Å². The Bertz CT molecular complexity index is 423. The van der Waals surface area contributed by atoms with E-state index in [-0.39, 0.29) is 5.60 Å². The minimum absolute atomic E-state index is 0.0569. The zero-order valence-corrected chi connectivity index (χ0v) is 13.0. The lowest BCUT2D eigenvalue weighted by molar-refractivity contribution is 0.0912. The zero-order chi connectivity index (χ0) is 14.3. The third kappa shape index (κ3) is 3.88. The first kappa shape index (κ1) is 15.2. The summed E-state index contributed by atoms with van der Waals surface area (Å²) in [5.74, 6) is 1.06. The maximum atomic E-state index is 6.43. The number of para-hydroxylation sites is 1. The van der Waals surface area contributed by atoms with E-state index in [1.807, 2.05) is 0 Å². The van der Waals surface area contributed by atoms with Gasteiger partial charge in [0, 0.05) is 5.56 Å². The molecule has 0 amide bonds. The molecule has 0 aliphatic carbocycles. The summed E-state index contributed by atoms with van der Waals surface area (Å²) in [6.45, 7) is 4.52. The van der Waals surface area contributed by atoms with Gasteiger partial charge in [-0.05, 0) is 37.8 Å². The maximum absolute atomic E-state index is 6.43. The molecule has 1 heterocycles. The molecule has 1 nitrogen and oxygen atoms in total. The van der Waals surface area contributed by atoms with Crippen LogP contribution in [-0.2, 0) is 0 Å². The van der Waals surface area contributed by atoms with E-state index in [1.54, 1.807) is 0 Å². The molecule has 0 radical (unpaired) electrons. The molecule has 1 heteroatoms. The number of hydrogen-bond donors (Lipinski definition) is 0. The van der Waals surface area contributed by atoms with Crippen LogP contribution in [0, 0.1) is 0 Å². The predicted molar refractivity (Wildman–Crippen MR) is 87.1 cm³/mol. The van der Waals surface area contributed by atoms with Crippen molar-refractivity contribution in [3.05, 3.63) is 35.9 Å². The first-order valence-electron chi connectivity index (χ1n) is 8.27. The second-order valence-electron chi connectivity index (χ2n) is 5.95. The SMILES string of the molecule is CCCCCC1(CCCCC)C=Cc2ccccc2O1. The number of hydrogen-bond acceptors (Lipinski definition) is 1. The van der Waals surface area contributed by atoms with E-state index in [1.165, 1.54) is 44.1 Å². The van der Waals surface area contributed by atoms with Crippen molar-refractivity contribution in [3.8, 4) is 5.75 Å². The van der Waals surface area contributed by atoms with Gasteiger partial charge in [-0.1, -0.05) is 63.8 Å². The second kappa shape index (κ2) is 7.52. The van der Waals surface area contributed by atoms with Crippen molar-refractivity contribution in [2.45, 2.75) is 70.8 Å². The summed E-state index contributed by atoms with van der Waals surface area (Å²) < 4.78 is 6.43. The number of benzene rings is 1. The van der Waals surface area contributed by atoms with Crippen LogP contribution in [0.15, 0.2) is 30.3 Å². The summed E-state index contributed by atoms with van der Waals surface area (Å²) in [7, 11) is 0. The molecule has 0 aromatic heterocycles. The Balaban J connectivity index is 2.08. The molecule has 0 bridgehead atoms. The molecule has 0 saturated heterocycles. The second-order valence-corrected chi connectivity index (χ2v) is 5.95. The van der Waals surface area contributed by atoms with Gasteiger partial charge in [0.15, 0.2) is 0 Å². The van der Waals surface area contributed by atoms with E-state index in [0.29, 0.717) is 0 Å². The Kier molecular flexibility index (Phi) is 5.70. The molecule has 0 unspecified atom stereocenters. The fourth-order valence-corrected chi connectivity index (χ4v) is 2.95. The van der Waals surface area contributed by atoms with Crippen molar-refractivity contribution >= 4 is 6.08 Å². The molecular formula is C19H28O. The van der Waals surface area contributed by atoms with Gasteiger partial charge in [0.1, 0.15) is 11.4 Å².